The fraction of sp³-hybridized carbons (Fsp3) is 0.0909. The van der Waals surface area contributed by atoms with Crippen LogP contribution in [0.4, 0.5) is 0 Å². The summed E-state index contributed by atoms with van der Waals surface area (Å²) in [4.78, 5) is 23.4. The molecule has 0 saturated carbocycles. The number of hydrogen-bond donors (Lipinski definition) is 3. The monoisotopic (exact) mass is 219 g/mol. The van der Waals surface area contributed by atoms with Crippen LogP contribution >= 0.6 is 0 Å². The van der Waals surface area contributed by atoms with E-state index >= 15 is 0 Å². The van der Waals surface area contributed by atoms with Gasteiger partial charge in [0.05, 0.1) is 16.8 Å². The van der Waals surface area contributed by atoms with Crippen molar-refractivity contribution < 1.29 is 19.8 Å². The summed E-state index contributed by atoms with van der Waals surface area (Å²) in [6.45, 7) is 0. The Hall–Kier alpha value is -2.30. The zero-order chi connectivity index (χ0) is 11.9. The van der Waals surface area contributed by atoms with Gasteiger partial charge >= 0.3 is 0 Å². The van der Waals surface area contributed by atoms with Crippen molar-refractivity contribution in [3.8, 4) is 11.5 Å². The standard InChI is InChI=1S/C11H9NO4/c1-12-5-4-8(15)9-6(13)2-3-7(14)10(9)11(5)16/h2-4,12-14H,1H3. The topological polar surface area (TPSA) is 86.6 Å². The number of carbonyl (C=O) groups is 2. The highest BCUT2D eigenvalue weighted by Crippen LogP contribution is 2.33. The van der Waals surface area contributed by atoms with Gasteiger partial charge in [0.1, 0.15) is 11.5 Å². The van der Waals surface area contributed by atoms with Gasteiger partial charge in [-0.05, 0) is 12.1 Å². The summed E-state index contributed by atoms with van der Waals surface area (Å²) >= 11 is 0. The minimum atomic E-state index is -0.509. The quantitative estimate of drug-likeness (QED) is 0.601. The molecule has 5 heteroatoms. The molecule has 0 aliphatic heterocycles. The molecule has 3 N–H and O–H groups in total. The highest BCUT2D eigenvalue weighted by Gasteiger charge is 2.30. The number of carbonyl (C=O) groups excluding carboxylic acids is 2. The summed E-state index contributed by atoms with van der Waals surface area (Å²) < 4.78 is 0. The first-order valence-electron chi connectivity index (χ1n) is 4.59. The van der Waals surface area contributed by atoms with Crippen LogP contribution in [0.25, 0.3) is 0 Å². The van der Waals surface area contributed by atoms with Gasteiger partial charge < -0.3 is 15.5 Å². The van der Waals surface area contributed by atoms with Crippen LogP contribution in [0.5, 0.6) is 11.5 Å². The molecule has 1 aliphatic rings. The average molecular weight is 219 g/mol. The third-order valence-corrected chi connectivity index (χ3v) is 2.42. The van der Waals surface area contributed by atoms with Crippen LogP contribution in [-0.2, 0) is 0 Å². The Morgan fingerprint density at radius 1 is 1.06 bits per heavy atom. The van der Waals surface area contributed by atoms with Gasteiger partial charge in [0.25, 0.3) is 0 Å². The molecule has 16 heavy (non-hydrogen) atoms. The Morgan fingerprint density at radius 3 is 2.19 bits per heavy atom. The summed E-state index contributed by atoms with van der Waals surface area (Å²) in [5, 5.41) is 21.6. The van der Waals surface area contributed by atoms with Crippen LogP contribution in [0.1, 0.15) is 20.7 Å². The molecule has 82 valence electrons. The number of allylic oxidation sites excluding steroid dienone is 2. The second kappa shape index (κ2) is 3.37. The fourth-order valence-corrected chi connectivity index (χ4v) is 1.65. The SMILES string of the molecule is CNC1=CC(=O)c2c(O)ccc(O)c2C1=O. The van der Waals surface area contributed by atoms with Crippen LogP contribution in [0.3, 0.4) is 0 Å². The van der Waals surface area contributed by atoms with Gasteiger partial charge in [-0.15, -0.1) is 0 Å². The van der Waals surface area contributed by atoms with Gasteiger partial charge in [0, 0.05) is 13.1 Å². The molecule has 0 unspecified atom stereocenters. The first kappa shape index (κ1) is 10.2. The normalized spacial score (nSPS) is 14.4. The third-order valence-electron chi connectivity index (χ3n) is 2.42. The van der Waals surface area contributed by atoms with Crippen LogP contribution in [-0.4, -0.2) is 28.8 Å². The molecule has 5 nitrogen and oxygen atoms in total. The number of nitrogens with one attached hydrogen (secondary N) is 1. The van der Waals surface area contributed by atoms with E-state index in [1.54, 1.807) is 0 Å². The van der Waals surface area contributed by atoms with Crippen molar-refractivity contribution in [1.29, 1.82) is 0 Å². The minimum absolute atomic E-state index is 0.0957. The Bertz CT molecular complexity index is 531. The van der Waals surface area contributed by atoms with E-state index in [1.165, 1.54) is 19.2 Å². The fourth-order valence-electron chi connectivity index (χ4n) is 1.65. The van der Waals surface area contributed by atoms with Gasteiger partial charge in [-0.25, -0.2) is 0 Å². The maximum atomic E-state index is 11.8. The molecule has 0 spiro atoms. The van der Waals surface area contributed by atoms with Crippen molar-refractivity contribution in [3.05, 3.63) is 35.0 Å². The van der Waals surface area contributed by atoms with E-state index in [-0.39, 0.29) is 28.3 Å². The summed E-state index contributed by atoms with van der Waals surface area (Å²) in [6.07, 6.45) is 1.10. The van der Waals surface area contributed by atoms with E-state index in [1.807, 2.05) is 0 Å². The summed E-state index contributed by atoms with van der Waals surface area (Å²) in [5.41, 5.74) is -0.209. The molecule has 2 rings (SSSR count). The lowest BCUT2D eigenvalue weighted by Crippen LogP contribution is -2.24. The number of ketones is 2. The van der Waals surface area contributed by atoms with Crippen molar-refractivity contribution in [2.45, 2.75) is 0 Å². The Balaban J connectivity index is 2.75. The third kappa shape index (κ3) is 1.25. The van der Waals surface area contributed by atoms with Gasteiger partial charge in [-0.1, -0.05) is 0 Å². The summed E-state index contributed by atoms with van der Waals surface area (Å²) in [7, 11) is 1.50. The molecule has 0 heterocycles. The van der Waals surface area contributed by atoms with Crippen LogP contribution in [0, 0.1) is 0 Å². The molecule has 1 aromatic rings. The van der Waals surface area contributed by atoms with Crippen molar-refractivity contribution >= 4 is 11.6 Å². The molecule has 0 saturated heterocycles. The lowest BCUT2D eigenvalue weighted by molar-refractivity contribution is 0.0974. The van der Waals surface area contributed by atoms with E-state index < -0.39 is 11.6 Å². The molecular formula is C11H9NO4. The van der Waals surface area contributed by atoms with Crippen LogP contribution < -0.4 is 5.32 Å². The Morgan fingerprint density at radius 2 is 1.62 bits per heavy atom. The van der Waals surface area contributed by atoms with Crippen molar-refractivity contribution in [2.75, 3.05) is 7.05 Å². The molecule has 1 aromatic carbocycles. The van der Waals surface area contributed by atoms with Gasteiger partial charge in [0.15, 0.2) is 5.78 Å². The highest BCUT2D eigenvalue weighted by atomic mass is 16.3. The maximum Gasteiger partial charge on any atom is 0.213 e. The molecule has 0 radical (unpaired) electrons. The molecule has 0 aromatic heterocycles. The predicted molar refractivity (Wildman–Crippen MR) is 55.6 cm³/mol. The lowest BCUT2D eigenvalue weighted by atomic mass is 9.91. The predicted octanol–water partition coefficient (Wildman–Crippen LogP) is 0.580. The number of hydrogen-bond acceptors (Lipinski definition) is 5. The molecule has 1 aliphatic carbocycles. The summed E-state index contributed by atoms with van der Waals surface area (Å²) in [6, 6.07) is 2.36. The molecular weight excluding hydrogens is 210 g/mol. The minimum Gasteiger partial charge on any atom is -0.507 e. The molecule has 0 bridgehead atoms. The molecule has 0 amide bonds. The van der Waals surface area contributed by atoms with Gasteiger partial charge in [-0.3, -0.25) is 9.59 Å². The van der Waals surface area contributed by atoms with E-state index in [4.69, 9.17) is 0 Å². The first-order valence-corrected chi connectivity index (χ1v) is 4.59. The van der Waals surface area contributed by atoms with Gasteiger partial charge in [0.2, 0.25) is 5.78 Å². The smallest absolute Gasteiger partial charge is 0.213 e. The first-order chi connectivity index (χ1) is 7.56. The van der Waals surface area contributed by atoms with Crippen molar-refractivity contribution in [2.24, 2.45) is 0 Å². The number of rotatable bonds is 1. The zero-order valence-electron chi connectivity index (χ0n) is 8.44. The number of aromatic hydroxyl groups is 2. The highest BCUT2D eigenvalue weighted by molar-refractivity contribution is 6.26. The number of phenolic OH excluding ortho intramolecular Hbond substituents is 2. The summed E-state index contributed by atoms with van der Waals surface area (Å²) in [5.74, 6) is -1.64. The second-order valence-electron chi connectivity index (χ2n) is 3.36. The van der Waals surface area contributed by atoms with Crippen molar-refractivity contribution in [3.63, 3.8) is 0 Å². The van der Waals surface area contributed by atoms with E-state index in [2.05, 4.69) is 5.32 Å². The number of Topliss-reactive ketones (excluding diaryl/α,β-unsaturated/α-hetero) is 1. The van der Waals surface area contributed by atoms with Crippen LogP contribution in [0.2, 0.25) is 0 Å². The zero-order valence-corrected chi connectivity index (χ0v) is 8.44. The number of phenols is 2. The number of benzene rings is 1. The average Bonchev–Trinajstić information content (AvgIpc) is 2.26. The maximum absolute atomic E-state index is 11.8. The molecule has 0 fully saturated rings. The van der Waals surface area contributed by atoms with E-state index in [0.717, 1.165) is 6.08 Å². The van der Waals surface area contributed by atoms with Gasteiger partial charge in [-0.2, -0.15) is 0 Å². The number of likely N-dealkylation sites (N-methyl/N-ethyl adjacent to an activating group) is 1. The molecule has 0 atom stereocenters. The lowest BCUT2D eigenvalue weighted by Gasteiger charge is -2.16. The van der Waals surface area contributed by atoms with Crippen molar-refractivity contribution in [1.82, 2.24) is 5.32 Å². The van der Waals surface area contributed by atoms with Crippen LogP contribution in [0.15, 0.2) is 23.9 Å². The number of fused-ring (bicyclic) bond motifs is 1. The largest absolute Gasteiger partial charge is 0.507 e. The van der Waals surface area contributed by atoms with E-state index in [9.17, 15) is 19.8 Å². The Labute approximate surface area is 91.0 Å². The second-order valence-corrected chi connectivity index (χ2v) is 3.36. The van der Waals surface area contributed by atoms with E-state index in [0.29, 0.717) is 0 Å². The Kier molecular flexibility index (Phi) is 2.16.